The number of benzene rings is 3. The Morgan fingerprint density at radius 3 is 2.41 bits per heavy atom. The maximum atomic E-state index is 4.45. The van der Waals surface area contributed by atoms with Crippen molar-refractivity contribution in [3.63, 3.8) is 0 Å². The van der Waals surface area contributed by atoms with Gasteiger partial charge in [-0.15, -0.1) is 0 Å². The summed E-state index contributed by atoms with van der Waals surface area (Å²) in [5, 5.41) is 6.95. The normalized spacial score (nSPS) is 18.8. The van der Waals surface area contributed by atoms with E-state index in [4.69, 9.17) is 0 Å². The Balaban J connectivity index is 2.41. The van der Waals surface area contributed by atoms with Crippen molar-refractivity contribution in [2.45, 2.75) is 4.83 Å². The van der Waals surface area contributed by atoms with Crippen molar-refractivity contribution in [3.05, 3.63) is 60.3 Å². The first-order valence-corrected chi connectivity index (χ1v) is 10.4. The lowest BCUT2D eigenvalue weighted by Gasteiger charge is -2.27. The van der Waals surface area contributed by atoms with Gasteiger partial charge in [-0.25, -0.2) is 0 Å². The fourth-order valence-electron chi connectivity index (χ4n) is 3.19. The molecule has 3 aromatic rings. The van der Waals surface area contributed by atoms with Gasteiger partial charge in [-0.2, -0.15) is 12.6 Å². The summed E-state index contributed by atoms with van der Waals surface area (Å²) >= 11 is 19.5. The highest BCUT2D eigenvalue weighted by Gasteiger charge is 2.30. The minimum absolute atomic E-state index is 0.103. The lowest BCUT2D eigenvalue weighted by atomic mass is 9.84. The Morgan fingerprint density at radius 1 is 0.909 bits per heavy atom. The average Bonchev–Trinajstić information content (AvgIpc) is 2.53. The summed E-state index contributed by atoms with van der Waals surface area (Å²) in [7, 11) is 0. The number of allylic oxidation sites excluding steroid dienone is 1. The van der Waals surface area contributed by atoms with Crippen LogP contribution < -0.4 is 0 Å². The van der Waals surface area contributed by atoms with Gasteiger partial charge in [0.15, 0.2) is 0 Å². The first-order chi connectivity index (χ1) is 10.6. The molecule has 0 amide bonds. The van der Waals surface area contributed by atoms with Crippen LogP contribution in [0.5, 0.6) is 0 Å². The molecule has 0 bridgehead atoms. The van der Waals surface area contributed by atoms with Gasteiger partial charge in [0.25, 0.3) is 0 Å². The predicted octanol–water partition coefficient (Wildman–Crippen LogP) is 8.00. The van der Waals surface area contributed by atoms with Crippen LogP contribution in [-0.4, -0.2) is 0 Å². The predicted molar refractivity (Wildman–Crippen MR) is 113 cm³/mol. The lowest BCUT2D eigenvalue weighted by Crippen LogP contribution is -2.05. The molecule has 0 radical (unpaired) electrons. The van der Waals surface area contributed by atoms with E-state index in [2.05, 4.69) is 107 Å². The zero-order valence-corrected chi connectivity index (χ0v) is 18.2. The molecular formula is C17H8Br4S. The molecule has 0 heterocycles. The van der Waals surface area contributed by atoms with E-state index in [9.17, 15) is 0 Å². The zero-order chi connectivity index (χ0) is 15.6. The third-order valence-corrected chi connectivity index (χ3v) is 8.88. The molecule has 0 aliphatic heterocycles. The van der Waals surface area contributed by atoms with Crippen molar-refractivity contribution in [1.82, 2.24) is 0 Å². The van der Waals surface area contributed by atoms with Gasteiger partial charge in [0.2, 0.25) is 0 Å². The number of rotatable bonds is 0. The van der Waals surface area contributed by atoms with Gasteiger partial charge < -0.3 is 0 Å². The van der Waals surface area contributed by atoms with Gasteiger partial charge in [-0.3, -0.25) is 0 Å². The van der Waals surface area contributed by atoms with Crippen LogP contribution in [0.3, 0.4) is 0 Å². The van der Waals surface area contributed by atoms with Crippen molar-refractivity contribution >= 4 is 103 Å². The molecule has 1 aliphatic carbocycles. The molecule has 3 aromatic carbocycles. The van der Waals surface area contributed by atoms with Crippen LogP contribution in [0.25, 0.3) is 27.1 Å². The fourth-order valence-corrected chi connectivity index (χ4v) is 6.67. The lowest BCUT2D eigenvalue weighted by molar-refractivity contribution is 1.26. The minimum atomic E-state index is 0.103. The first-order valence-electron chi connectivity index (χ1n) is 6.56. The molecule has 0 spiro atoms. The van der Waals surface area contributed by atoms with Crippen molar-refractivity contribution in [3.8, 4) is 0 Å². The van der Waals surface area contributed by atoms with Gasteiger partial charge in [0, 0.05) is 13.4 Å². The van der Waals surface area contributed by atoms with Gasteiger partial charge in [-0.1, -0.05) is 46.3 Å². The third-order valence-electron chi connectivity index (χ3n) is 4.15. The summed E-state index contributed by atoms with van der Waals surface area (Å²) in [4.78, 5) is 0.103. The summed E-state index contributed by atoms with van der Waals surface area (Å²) in [6, 6.07) is 10.8. The van der Waals surface area contributed by atoms with Gasteiger partial charge in [0.1, 0.15) is 0 Å². The highest BCUT2D eigenvalue weighted by atomic mass is 79.9. The largest absolute Gasteiger partial charge is 0.151 e. The smallest absolute Gasteiger partial charge is 0.0673 e. The summed E-state index contributed by atoms with van der Waals surface area (Å²) < 4.78 is 3.19. The van der Waals surface area contributed by atoms with E-state index in [1.54, 1.807) is 0 Å². The zero-order valence-electron chi connectivity index (χ0n) is 11.0. The van der Waals surface area contributed by atoms with Crippen molar-refractivity contribution in [1.29, 1.82) is 0 Å². The van der Waals surface area contributed by atoms with Crippen molar-refractivity contribution < 1.29 is 0 Å². The van der Waals surface area contributed by atoms with E-state index in [1.165, 1.54) is 38.2 Å². The highest BCUT2D eigenvalue weighted by Crippen LogP contribution is 2.55. The van der Waals surface area contributed by atoms with Crippen LogP contribution >= 0.6 is 76.3 Å². The molecule has 1 unspecified atom stereocenters. The fraction of sp³-hybridized carbons (Fsp3) is 0.0588. The summed E-state index contributed by atoms with van der Waals surface area (Å²) in [6.45, 7) is 0. The molecule has 0 nitrogen and oxygen atoms in total. The van der Waals surface area contributed by atoms with E-state index in [1.807, 2.05) is 5.41 Å². The summed E-state index contributed by atoms with van der Waals surface area (Å²) in [5.41, 5.74) is 3.67. The highest BCUT2D eigenvalue weighted by molar-refractivity contribution is 9.14. The Hall–Kier alpha value is 0.190. The SMILES string of the molecule is SC=C1c2cccc3ccc4c(Br)c(Br)c(Br)c(c4c23)C1Br. The minimum Gasteiger partial charge on any atom is -0.151 e. The molecule has 0 fully saturated rings. The van der Waals surface area contributed by atoms with E-state index in [0.29, 0.717) is 0 Å². The molecule has 4 rings (SSSR count). The maximum Gasteiger partial charge on any atom is 0.0673 e. The molecule has 110 valence electrons. The van der Waals surface area contributed by atoms with Crippen LogP contribution in [-0.2, 0) is 0 Å². The van der Waals surface area contributed by atoms with Gasteiger partial charge in [0.05, 0.1) is 4.83 Å². The monoisotopic (exact) mass is 560 g/mol. The van der Waals surface area contributed by atoms with Crippen molar-refractivity contribution in [2.24, 2.45) is 0 Å². The van der Waals surface area contributed by atoms with Gasteiger partial charge >= 0.3 is 0 Å². The Bertz CT molecular complexity index is 991. The molecule has 1 aliphatic rings. The van der Waals surface area contributed by atoms with E-state index >= 15 is 0 Å². The Morgan fingerprint density at radius 2 is 1.68 bits per heavy atom. The topological polar surface area (TPSA) is 0 Å². The van der Waals surface area contributed by atoms with Crippen LogP contribution in [0.15, 0.2) is 49.2 Å². The number of alkyl halides is 1. The van der Waals surface area contributed by atoms with Gasteiger partial charge in [-0.05, 0) is 91.4 Å². The van der Waals surface area contributed by atoms with Crippen molar-refractivity contribution in [2.75, 3.05) is 0 Å². The van der Waals surface area contributed by atoms with E-state index < -0.39 is 0 Å². The summed E-state index contributed by atoms with van der Waals surface area (Å²) in [5.74, 6) is 0. The first kappa shape index (κ1) is 15.7. The summed E-state index contributed by atoms with van der Waals surface area (Å²) in [6.07, 6.45) is 0. The van der Waals surface area contributed by atoms with E-state index in [0.717, 1.165) is 13.4 Å². The van der Waals surface area contributed by atoms with Crippen LogP contribution in [0.2, 0.25) is 0 Å². The van der Waals surface area contributed by atoms with Crippen LogP contribution in [0, 0.1) is 0 Å². The van der Waals surface area contributed by atoms with Crippen LogP contribution in [0.4, 0.5) is 0 Å². The molecule has 0 saturated heterocycles. The molecule has 0 N–H and O–H groups in total. The Kier molecular flexibility index (Phi) is 4.01. The standard InChI is InChI=1S/C17H8Br4S/c18-14-10(6-22)8-3-1-2-7-4-5-9-12(11(7)8)13(14)16(20)17(21)15(9)19/h1-6,14,22H. The van der Waals surface area contributed by atoms with E-state index in [-0.39, 0.29) is 4.83 Å². The molecule has 0 saturated carbocycles. The molecular weight excluding hydrogens is 556 g/mol. The third kappa shape index (κ3) is 1.99. The maximum absolute atomic E-state index is 4.45. The van der Waals surface area contributed by atoms with Crippen LogP contribution in [0.1, 0.15) is 16.0 Å². The number of halogens is 4. The number of hydrogen-bond acceptors (Lipinski definition) is 1. The number of thiol groups is 1. The molecule has 0 aromatic heterocycles. The molecule has 1 atom stereocenters. The quantitative estimate of drug-likeness (QED) is 0.122. The molecule has 22 heavy (non-hydrogen) atoms. The Labute approximate surface area is 167 Å². The number of hydrogen-bond donors (Lipinski definition) is 1. The second kappa shape index (κ2) is 5.62. The second-order valence-electron chi connectivity index (χ2n) is 5.19. The second-order valence-corrected chi connectivity index (χ2v) is 8.75. The average molecular weight is 564 g/mol. The molecule has 5 heteroatoms.